The molecule has 5 heteroatoms. The highest BCUT2D eigenvalue weighted by Gasteiger charge is 2.20. The number of esters is 1. The lowest BCUT2D eigenvalue weighted by Crippen LogP contribution is -2.30. The number of benzene rings is 2. The van der Waals surface area contributed by atoms with Gasteiger partial charge in [-0.1, -0.05) is 36.4 Å². The molecule has 2 aromatic carbocycles. The number of amides is 1. The van der Waals surface area contributed by atoms with Crippen LogP contribution in [0.4, 0.5) is 5.69 Å². The fourth-order valence-electron chi connectivity index (χ4n) is 2.23. The molecule has 1 aromatic heterocycles. The fourth-order valence-corrected chi connectivity index (χ4v) is 2.23. The molecule has 0 aliphatic carbocycles. The van der Waals surface area contributed by atoms with Gasteiger partial charge in [-0.2, -0.15) is 0 Å². The molecule has 0 aliphatic heterocycles. The number of fused-ring (bicyclic) bond motifs is 1. The first-order valence-corrected chi connectivity index (χ1v) is 7.28. The third kappa shape index (κ3) is 3.40. The molecule has 0 bridgehead atoms. The van der Waals surface area contributed by atoms with Crippen molar-refractivity contribution in [1.82, 2.24) is 4.98 Å². The van der Waals surface area contributed by atoms with E-state index < -0.39 is 12.1 Å². The van der Waals surface area contributed by atoms with Gasteiger partial charge in [-0.3, -0.25) is 4.79 Å². The second-order valence-corrected chi connectivity index (χ2v) is 5.17. The van der Waals surface area contributed by atoms with Crippen LogP contribution in [-0.4, -0.2) is 23.0 Å². The molecule has 1 atom stereocenters. The van der Waals surface area contributed by atoms with Crippen LogP contribution in [0.25, 0.3) is 10.9 Å². The van der Waals surface area contributed by atoms with E-state index in [1.165, 1.54) is 0 Å². The molecule has 2 N–H and O–H groups in total. The molecule has 116 valence electrons. The van der Waals surface area contributed by atoms with Crippen LogP contribution in [0.15, 0.2) is 60.7 Å². The molecule has 1 heterocycles. The maximum absolute atomic E-state index is 12.1. The average molecular weight is 308 g/mol. The fraction of sp³-hybridized carbons (Fsp3) is 0.111. The smallest absolute Gasteiger partial charge is 0.355 e. The Morgan fingerprint density at radius 3 is 2.48 bits per heavy atom. The maximum atomic E-state index is 12.1. The number of ether oxygens (including phenoxy) is 1. The van der Waals surface area contributed by atoms with Gasteiger partial charge in [0.15, 0.2) is 6.10 Å². The minimum Gasteiger partial charge on any atom is -0.448 e. The molecule has 0 saturated heterocycles. The summed E-state index contributed by atoms with van der Waals surface area (Å²) < 4.78 is 5.22. The van der Waals surface area contributed by atoms with Crippen LogP contribution in [0.1, 0.15) is 17.4 Å². The van der Waals surface area contributed by atoms with E-state index in [9.17, 15) is 9.59 Å². The molecule has 0 fully saturated rings. The number of para-hydroxylation sites is 2. The number of rotatable bonds is 4. The van der Waals surface area contributed by atoms with Crippen LogP contribution in [0, 0.1) is 0 Å². The van der Waals surface area contributed by atoms with Gasteiger partial charge in [0.1, 0.15) is 5.69 Å². The van der Waals surface area contributed by atoms with E-state index in [-0.39, 0.29) is 5.91 Å². The average Bonchev–Trinajstić information content (AvgIpc) is 3.00. The summed E-state index contributed by atoms with van der Waals surface area (Å²) in [5.74, 6) is -0.933. The molecule has 5 nitrogen and oxygen atoms in total. The second kappa shape index (κ2) is 6.36. The summed E-state index contributed by atoms with van der Waals surface area (Å²) in [7, 11) is 0. The number of aromatic amines is 1. The van der Waals surface area contributed by atoms with Gasteiger partial charge in [0.2, 0.25) is 0 Å². The van der Waals surface area contributed by atoms with E-state index in [1.54, 1.807) is 25.1 Å². The molecule has 0 radical (unpaired) electrons. The minimum atomic E-state index is -0.894. The van der Waals surface area contributed by atoms with Gasteiger partial charge < -0.3 is 15.0 Å². The zero-order valence-corrected chi connectivity index (χ0v) is 12.6. The predicted octanol–water partition coefficient (Wildman–Crippen LogP) is 3.35. The van der Waals surface area contributed by atoms with E-state index >= 15 is 0 Å². The first-order chi connectivity index (χ1) is 11.1. The summed E-state index contributed by atoms with van der Waals surface area (Å²) in [4.78, 5) is 27.2. The highest BCUT2D eigenvalue weighted by atomic mass is 16.5. The van der Waals surface area contributed by atoms with E-state index in [1.807, 2.05) is 42.5 Å². The first-order valence-electron chi connectivity index (χ1n) is 7.28. The standard InChI is InChI=1S/C18H16N2O3/c1-12(17(21)19-14-8-3-2-4-9-14)23-18(22)16-11-13-7-5-6-10-15(13)20-16/h2-12,20H,1H3,(H,19,21). The molecule has 1 unspecified atom stereocenters. The van der Waals surface area contributed by atoms with E-state index in [4.69, 9.17) is 4.74 Å². The summed E-state index contributed by atoms with van der Waals surface area (Å²) in [5.41, 5.74) is 1.83. The van der Waals surface area contributed by atoms with Gasteiger partial charge in [-0.05, 0) is 31.2 Å². The number of nitrogens with one attached hydrogen (secondary N) is 2. The van der Waals surface area contributed by atoms with Gasteiger partial charge in [0, 0.05) is 16.6 Å². The molecule has 3 aromatic rings. The van der Waals surface area contributed by atoms with Crippen molar-refractivity contribution in [2.24, 2.45) is 0 Å². The van der Waals surface area contributed by atoms with Crippen molar-refractivity contribution in [1.29, 1.82) is 0 Å². The van der Waals surface area contributed by atoms with Crippen LogP contribution in [0.5, 0.6) is 0 Å². The maximum Gasteiger partial charge on any atom is 0.355 e. The quantitative estimate of drug-likeness (QED) is 0.726. The number of carbonyl (C=O) groups is 2. The van der Waals surface area contributed by atoms with Gasteiger partial charge in [-0.25, -0.2) is 4.79 Å². The molecule has 3 rings (SSSR count). The van der Waals surface area contributed by atoms with E-state index in [2.05, 4.69) is 10.3 Å². The molecular formula is C18H16N2O3. The van der Waals surface area contributed by atoms with Gasteiger partial charge in [-0.15, -0.1) is 0 Å². The number of hydrogen-bond donors (Lipinski definition) is 2. The third-order valence-corrected chi connectivity index (χ3v) is 3.44. The molecule has 0 aliphatic rings. The summed E-state index contributed by atoms with van der Waals surface area (Å²) >= 11 is 0. The number of aromatic nitrogens is 1. The van der Waals surface area contributed by atoms with Crippen molar-refractivity contribution >= 4 is 28.5 Å². The monoisotopic (exact) mass is 308 g/mol. The lowest BCUT2D eigenvalue weighted by molar-refractivity contribution is -0.123. The molecule has 1 amide bonds. The van der Waals surface area contributed by atoms with Gasteiger partial charge in [0.05, 0.1) is 0 Å². The summed E-state index contributed by atoms with van der Waals surface area (Å²) in [6.45, 7) is 1.54. The van der Waals surface area contributed by atoms with Crippen LogP contribution in [0.2, 0.25) is 0 Å². The SMILES string of the molecule is CC(OC(=O)c1cc2ccccc2[nH]1)C(=O)Nc1ccccc1. The number of hydrogen-bond acceptors (Lipinski definition) is 3. The van der Waals surface area contributed by atoms with Gasteiger partial charge in [0.25, 0.3) is 5.91 Å². The topological polar surface area (TPSA) is 71.2 Å². The zero-order valence-electron chi connectivity index (χ0n) is 12.6. The Morgan fingerprint density at radius 1 is 1.04 bits per heavy atom. The molecule has 0 spiro atoms. The summed E-state index contributed by atoms with van der Waals surface area (Å²) in [6.07, 6.45) is -0.894. The predicted molar refractivity (Wildman–Crippen MR) is 88.2 cm³/mol. The van der Waals surface area contributed by atoms with Crippen molar-refractivity contribution in [2.75, 3.05) is 5.32 Å². The summed E-state index contributed by atoms with van der Waals surface area (Å²) in [5, 5.41) is 3.62. The number of H-pyrrole nitrogens is 1. The molecule has 0 saturated carbocycles. The van der Waals surface area contributed by atoms with Crippen LogP contribution < -0.4 is 5.32 Å². The lowest BCUT2D eigenvalue weighted by Gasteiger charge is -2.12. The Balaban J connectivity index is 1.65. The van der Waals surface area contributed by atoms with E-state index in [0.29, 0.717) is 11.4 Å². The molecular weight excluding hydrogens is 292 g/mol. The molecule has 23 heavy (non-hydrogen) atoms. The highest BCUT2D eigenvalue weighted by Crippen LogP contribution is 2.16. The second-order valence-electron chi connectivity index (χ2n) is 5.17. The summed E-state index contributed by atoms with van der Waals surface area (Å²) in [6, 6.07) is 18.3. The van der Waals surface area contributed by atoms with Crippen molar-refractivity contribution in [3.63, 3.8) is 0 Å². The van der Waals surface area contributed by atoms with Crippen molar-refractivity contribution < 1.29 is 14.3 Å². The van der Waals surface area contributed by atoms with Crippen LogP contribution in [-0.2, 0) is 9.53 Å². The highest BCUT2D eigenvalue weighted by molar-refractivity contribution is 5.98. The Hall–Kier alpha value is -3.08. The van der Waals surface area contributed by atoms with Crippen LogP contribution >= 0.6 is 0 Å². The zero-order chi connectivity index (χ0) is 16.2. The Bertz CT molecular complexity index is 807. The normalized spacial score (nSPS) is 11.9. The lowest BCUT2D eigenvalue weighted by atomic mass is 10.2. The van der Waals surface area contributed by atoms with Crippen molar-refractivity contribution in [2.45, 2.75) is 13.0 Å². The van der Waals surface area contributed by atoms with Crippen LogP contribution in [0.3, 0.4) is 0 Å². The Morgan fingerprint density at radius 2 is 1.74 bits per heavy atom. The minimum absolute atomic E-state index is 0.325. The Labute approximate surface area is 133 Å². The van der Waals surface area contributed by atoms with Crippen molar-refractivity contribution in [3.8, 4) is 0 Å². The van der Waals surface area contributed by atoms with E-state index in [0.717, 1.165) is 10.9 Å². The first kappa shape index (κ1) is 14.8. The third-order valence-electron chi connectivity index (χ3n) is 3.44. The number of anilines is 1. The van der Waals surface area contributed by atoms with Crippen molar-refractivity contribution in [3.05, 3.63) is 66.4 Å². The Kier molecular flexibility index (Phi) is 4.10. The number of carbonyl (C=O) groups excluding carboxylic acids is 2. The largest absolute Gasteiger partial charge is 0.448 e. The van der Waals surface area contributed by atoms with Gasteiger partial charge >= 0.3 is 5.97 Å².